The first-order valence-electron chi connectivity index (χ1n) is 5.87. The monoisotopic (exact) mass is 300 g/mol. The quantitative estimate of drug-likeness (QED) is 0.890. The number of aryl methyl sites for hydroxylation is 1. The molecule has 0 atom stereocenters. The summed E-state index contributed by atoms with van der Waals surface area (Å²) in [4.78, 5) is 4.04. The topological polar surface area (TPSA) is 24.9 Å². The molecule has 0 amide bonds. The van der Waals surface area contributed by atoms with Crippen molar-refractivity contribution in [3.05, 3.63) is 58.4 Å². The number of nitrogens with one attached hydrogen (secondary N) is 1. The number of nitrogens with zero attached hydrogens (tertiary/aromatic N) is 1. The normalized spacial score (nSPS) is 11.4. The number of hydrogen-bond acceptors (Lipinski definition) is 2. The lowest BCUT2D eigenvalue weighted by Crippen LogP contribution is -2.06. The molecule has 106 valence electrons. The lowest BCUT2D eigenvalue weighted by atomic mass is 10.2. The minimum absolute atomic E-state index is 0.0421. The predicted octanol–water partition coefficient (Wildman–Crippen LogP) is 4.67. The summed E-state index contributed by atoms with van der Waals surface area (Å²) in [7, 11) is 0. The van der Waals surface area contributed by atoms with E-state index in [1.54, 1.807) is 12.4 Å². The van der Waals surface area contributed by atoms with Gasteiger partial charge in [-0.25, -0.2) is 0 Å². The zero-order valence-corrected chi connectivity index (χ0v) is 11.4. The summed E-state index contributed by atoms with van der Waals surface area (Å²) in [6.45, 7) is 2.36. The Bertz CT molecular complexity index is 612. The van der Waals surface area contributed by atoms with Gasteiger partial charge in [0.1, 0.15) is 0 Å². The fourth-order valence-corrected chi connectivity index (χ4v) is 1.99. The summed E-state index contributed by atoms with van der Waals surface area (Å²) in [6.07, 6.45) is -0.963. The average Bonchev–Trinajstić information content (AvgIpc) is 2.36. The van der Waals surface area contributed by atoms with E-state index in [0.29, 0.717) is 12.2 Å². The smallest absolute Gasteiger partial charge is 0.380 e. The van der Waals surface area contributed by atoms with Crippen molar-refractivity contribution in [2.45, 2.75) is 19.6 Å². The zero-order chi connectivity index (χ0) is 14.8. The highest BCUT2D eigenvalue weighted by molar-refractivity contribution is 6.33. The Hall–Kier alpha value is -1.75. The summed E-state index contributed by atoms with van der Waals surface area (Å²) in [5.74, 6) is 0. The maximum absolute atomic E-state index is 12.5. The third-order valence-electron chi connectivity index (χ3n) is 2.71. The Labute approximate surface area is 119 Å². The van der Waals surface area contributed by atoms with Crippen LogP contribution in [-0.4, -0.2) is 4.98 Å². The molecule has 0 aliphatic heterocycles. The van der Waals surface area contributed by atoms with E-state index in [9.17, 15) is 13.2 Å². The third-order valence-corrected chi connectivity index (χ3v) is 3.02. The SMILES string of the molecule is Cc1cncc(CNc2ccc(C(F)(F)F)cc2Cl)c1. The Morgan fingerprint density at radius 1 is 1.20 bits per heavy atom. The van der Waals surface area contributed by atoms with Gasteiger partial charge in [0.2, 0.25) is 0 Å². The largest absolute Gasteiger partial charge is 0.416 e. The number of aromatic nitrogens is 1. The van der Waals surface area contributed by atoms with Crippen molar-refractivity contribution in [2.24, 2.45) is 0 Å². The van der Waals surface area contributed by atoms with E-state index in [1.807, 2.05) is 13.0 Å². The minimum atomic E-state index is -4.39. The molecule has 0 saturated heterocycles. The lowest BCUT2D eigenvalue weighted by Gasteiger charge is -2.12. The molecule has 2 nitrogen and oxygen atoms in total. The van der Waals surface area contributed by atoms with Gasteiger partial charge in [0, 0.05) is 18.9 Å². The van der Waals surface area contributed by atoms with Crippen molar-refractivity contribution in [3.8, 4) is 0 Å². The van der Waals surface area contributed by atoms with E-state index in [1.165, 1.54) is 6.07 Å². The van der Waals surface area contributed by atoms with E-state index in [0.717, 1.165) is 23.3 Å². The summed E-state index contributed by atoms with van der Waals surface area (Å²) >= 11 is 5.85. The molecule has 1 aromatic heterocycles. The van der Waals surface area contributed by atoms with Crippen molar-refractivity contribution in [1.82, 2.24) is 4.98 Å². The van der Waals surface area contributed by atoms with Crippen LogP contribution in [0.15, 0.2) is 36.7 Å². The molecule has 0 radical (unpaired) electrons. The molecule has 0 saturated carbocycles. The highest BCUT2D eigenvalue weighted by Crippen LogP contribution is 2.33. The van der Waals surface area contributed by atoms with Gasteiger partial charge < -0.3 is 5.32 Å². The van der Waals surface area contributed by atoms with E-state index in [-0.39, 0.29) is 5.02 Å². The van der Waals surface area contributed by atoms with Gasteiger partial charge in [0.25, 0.3) is 0 Å². The lowest BCUT2D eigenvalue weighted by molar-refractivity contribution is -0.137. The second kappa shape index (κ2) is 5.71. The van der Waals surface area contributed by atoms with Crippen molar-refractivity contribution in [3.63, 3.8) is 0 Å². The number of hydrogen-bond donors (Lipinski definition) is 1. The molecule has 0 aliphatic rings. The third kappa shape index (κ3) is 3.63. The van der Waals surface area contributed by atoms with Crippen LogP contribution in [0.3, 0.4) is 0 Å². The summed E-state index contributed by atoms with van der Waals surface area (Å²) in [5.41, 5.74) is 1.65. The van der Waals surface area contributed by atoms with Crippen LogP contribution in [0.4, 0.5) is 18.9 Å². The molecule has 2 rings (SSSR count). The van der Waals surface area contributed by atoms with E-state index in [2.05, 4.69) is 10.3 Å². The molecule has 1 N–H and O–H groups in total. The first kappa shape index (κ1) is 14.7. The summed E-state index contributed by atoms with van der Waals surface area (Å²) < 4.78 is 37.5. The summed E-state index contributed by atoms with van der Waals surface area (Å²) in [5, 5.41) is 3.04. The van der Waals surface area contributed by atoms with Gasteiger partial charge in [-0.1, -0.05) is 17.7 Å². The van der Waals surface area contributed by atoms with Crippen molar-refractivity contribution in [1.29, 1.82) is 0 Å². The molecule has 0 spiro atoms. The van der Waals surface area contributed by atoms with Crippen molar-refractivity contribution < 1.29 is 13.2 Å². The van der Waals surface area contributed by atoms with Crippen LogP contribution in [0, 0.1) is 6.92 Å². The van der Waals surface area contributed by atoms with Gasteiger partial charge in [-0.15, -0.1) is 0 Å². The fraction of sp³-hybridized carbons (Fsp3) is 0.214. The second-order valence-corrected chi connectivity index (χ2v) is 4.82. The fourth-order valence-electron chi connectivity index (χ4n) is 1.75. The van der Waals surface area contributed by atoms with Crippen LogP contribution in [0.25, 0.3) is 0 Å². The van der Waals surface area contributed by atoms with Crippen LogP contribution in [0.1, 0.15) is 16.7 Å². The molecule has 20 heavy (non-hydrogen) atoms. The molecule has 6 heteroatoms. The standard InChI is InChI=1S/C14H12ClF3N2/c1-9-4-10(7-19-6-9)8-20-13-3-2-11(5-12(13)15)14(16,17)18/h2-7,20H,8H2,1H3. The average molecular weight is 301 g/mol. The van der Waals surface area contributed by atoms with Gasteiger partial charge in [0.05, 0.1) is 16.3 Å². The van der Waals surface area contributed by atoms with Crippen LogP contribution < -0.4 is 5.32 Å². The van der Waals surface area contributed by atoms with E-state index < -0.39 is 11.7 Å². The van der Waals surface area contributed by atoms with Crippen molar-refractivity contribution in [2.75, 3.05) is 5.32 Å². The first-order chi connectivity index (χ1) is 9.36. The van der Waals surface area contributed by atoms with Gasteiger partial charge >= 0.3 is 6.18 Å². The maximum atomic E-state index is 12.5. The Morgan fingerprint density at radius 2 is 1.95 bits per heavy atom. The summed E-state index contributed by atoms with van der Waals surface area (Å²) in [6, 6.07) is 5.19. The Kier molecular flexibility index (Phi) is 4.18. The number of alkyl halides is 3. The molecule has 0 unspecified atom stereocenters. The molecule has 0 aliphatic carbocycles. The van der Waals surface area contributed by atoms with Crippen LogP contribution >= 0.6 is 11.6 Å². The number of anilines is 1. The molecule has 1 aromatic carbocycles. The number of benzene rings is 1. The second-order valence-electron chi connectivity index (χ2n) is 4.42. The number of rotatable bonds is 3. The highest BCUT2D eigenvalue weighted by atomic mass is 35.5. The van der Waals surface area contributed by atoms with Crippen molar-refractivity contribution >= 4 is 17.3 Å². The molecule has 2 aromatic rings. The number of halogens is 4. The first-order valence-corrected chi connectivity index (χ1v) is 6.25. The van der Waals surface area contributed by atoms with Crippen LogP contribution in [-0.2, 0) is 12.7 Å². The Balaban J connectivity index is 2.11. The van der Waals surface area contributed by atoms with E-state index >= 15 is 0 Å². The minimum Gasteiger partial charge on any atom is -0.380 e. The van der Waals surface area contributed by atoms with Crippen LogP contribution in [0.2, 0.25) is 5.02 Å². The molecule has 0 fully saturated rings. The highest BCUT2D eigenvalue weighted by Gasteiger charge is 2.30. The number of pyridine rings is 1. The Morgan fingerprint density at radius 3 is 2.55 bits per heavy atom. The predicted molar refractivity (Wildman–Crippen MR) is 72.8 cm³/mol. The molecular weight excluding hydrogens is 289 g/mol. The van der Waals surface area contributed by atoms with Gasteiger partial charge in [-0.05, 0) is 36.2 Å². The molecule has 0 bridgehead atoms. The van der Waals surface area contributed by atoms with Gasteiger partial charge in [0.15, 0.2) is 0 Å². The van der Waals surface area contributed by atoms with E-state index in [4.69, 9.17) is 11.6 Å². The van der Waals surface area contributed by atoms with Gasteiger partial charge in [-0.3, -0.25) is 4.98 Å². The van der Waals surface area contributed by atoms with Crippen LogP contribution in [0.5, 0.6) is 0 Å². The molecule has 1 heterocycles. The maximum Gasteiger partial charge on any atom is 0.416 e. The zero-order valence-electron chi connectivity index (χ0n) is 10.6. The van der Waals surface area contributed by atoms with Gasteiger partial charge in [-0.2, -0.15) is 13.2 Å². The molecular formula is C14H12ClF3N2.